The highest BCUT2D eigenvalue weighted by Gasteiger charge is 2.37. The van der Waals surface area contributed by atoms with Crippen molar-refractivity contribution in [1.29, 1.82) is 0 Å². The van der Waals surface area contributed by atoms with E-state index in [-0.39, 0.29) is 0 Å². The van der Waals surface area contributed by atoms with E-state index >= 15 is 0 Å². The summed E-state index contributed by atoms with van der Waals surface area (Å²) in [6.45, 7) is 2.23. The van der Waals surface area contributed by atoms with E-state index in [2.05, 4.69) is 17.1 Å². The maximum atomic E-state index is 6.50. The second-order valence-electron chi connectivity index (χ2n) is 5.91. The van der Waals surface area contributed by atoms with Crippen molar-refractivity contribution in [3.63, 3.8) is 0 Å². The zero-order chi connectivity index (χ0) is 14.9. The van der Waals surface area contributed by atoms with Gasteiger partial charge in [-0.05, 0) is 43.7 Å². The molecule has 0 amide bonds. The third kappa shape index (κ3) is 2.83. The number of aromatic nitrogens is 2. The molecule has 0 aliphatic heterocycles. The molecule has 21 heavy (non-hydrogen) atoms. The molecule has 1 aromatic heterocycles. The normalized spacial score (nSPS) is 26.0. The predicted molar refractivity (Wildman–Crippen MR) is 82.9 cm³/mol. The van der Waals surface area contributed by atoms with E-state index in [4.69, 9.17) is 21.9 Å². The summed E-state index contributed by atoms with van der Waals surface area (Å²) in [5, 5.41) is 4.67. The van der Waals surface area contributed by atoms with Gasteiger partial charge in [-0.25, -0.2) is 0 Å². The van der Waals surface area contributed by atoms with Crippen molar-refractivity contribution in [3.8, 4) is 11.4 Å². The van der Waals surface area contributed by atoms with Crippen LogP contribution in [-0.4, -0.2) is 10.1 Å². The molecule has 2 N–H and O–H groups in total. The van der Waals surface area contributed by atoms with Gasteiger partial charge in [0.2, 0.25) is 11.7 Å². The third-order valence-electron chi connectivity index (χ3n) is 4.54. The lowest BCUT2D eigenvalue weighted by Gasteiger charge is -2.33. The minimum Gasteiger partial charge on any atom is -0.337 e. The maximum absolute atomic E-state index is 6.50. The van der Waals surface area contributed by atoms with Crippen molar-refractivity contribution in [1.82, 2.24) is 10.1 Å². The van der Waals surface area contributed by atoms with E-state index in [0.717, 1.165) is 37.2 Å². The van der Waals surface area contributed by atoms with Gasteiger partial charge in [0.05, 0.1) is 10.6 Å². The fourth-order valence-corrected chi connectivity index (χ4v) is 3.21. The van der Waals surface area contributed by atoms with Crippen LogP contribution in [0, 0.1) is 5.92 Å². The average Bonchev–Trinajstić information content (AvgIpc) is 2.99. The smallest absolute Gasteiger partial charge is 0.247 e. The third-order valence-corrected chi connectivity index (χ3v) is 4.87. The highest BCUT2D eigenvalue weighted by molar-refractivity contribution is 6.33. The fraction of sp³-hybridized carbons (Fsp3) is 0.500. The molecule has 0 unspecified atom stereocenters. The zero-order valence-corrected chi connectivity index (χ0v) is 12.9. The van der Waals surface area contributed by atoms with E-state index in [0.29, 0.717) is 16.7 Å². The monoisotopic (exact) mass is 305 g/mol. The number of hydrogen-bond acceptors (Lipinski definition) is 4. The first-order valence-electron chi connectivity index (χ1n) is 7.50. The Morgan fingerprint density at radius 3 is 2.71 bits per heavy atom. The van der Waals surface area contributed by atoms with Crippen molar-refractivity contribution in [2.24, 2.45) is 11.7 Å². The molecule has 1 heterocycles. The first kappa shape index (κ1) is 14.5. The molecule has 0 spiro atoms. The molecule has 5 heteroatoms. The van der Waals surface area contributed by atoms with Crippen LogP contribution in [0.25, 0.3) is 11.4 Å². The predicted octanol–water partition coefficient (Wildman–Crippen LogP) is 4.14. The quantitative estimate of drug-likeness (QED) is 0.925. The maximum Gasteiger partial charge on any atom is 0.247 e. The molecule has 112 valence electrons. The van der Waals surface area contributed by atoms with Crippen LogP contribution in [0.2, 0.25) is 5.02 Å². The van der Waals surface area contributed by atoms with Crippen LogP contribution in [0.3, 0.4) is 0 Å². The van der Waals surface area contributed by atoms with Gasteiger partial charge in [0.15, 0.2) is 0 Å². The fourth-order valence-electron chi connectivity index (χ4n) is 2.99. The van der Waals surface area contributed by atoms with Gasteiger partial charge in [0.25, 0.3) is 0 Å². The minimum atomic E-state index is -0.488. The van der Waals surface area contributed by atoms with Crippen molar-refractivity contribution in [2.45, 2.75) is 44.6 Å². The SMILES string of the molecule is CCC1CCC(N)(c2nc(-c3ccccc3Cl)no2)CC1. The molecule has 1 aromatic carbocycles. The van der Waals surface area contributed by atoms with Crippen LogP contribution in [0.4, 0.5) is 0 Å². The van der Waals surface area contributed by atoms with Crippen molar-refractivity contribution >= 4 is 11.6 Å². The van der Waals surface area contributed by atoms with Crippen LogP contribution in [0.5, 0.6) is 0 Å². The molecule has 0 atom stereocenters. The summed E-state index contributed by atoms with van der Waals surface area (Å²) in [5.41, 5.74) is 6.79. The Balaban J connectivity index is 1.84. The van der Waals surface area contributed by atoms with E-state index in [9.17, 15) is 0 Å². The molecule has 2 aromatic rings. The van der Waals surface area contributed by atoms with Crippen molar-refractivity contribution in [3.05, 3.63) is 35.2 Å². The van der Waals surface area contributed by atoms with E-state index in [1.165, 1.54) is 6.42 Å². The van der Waals surface area contributed by atoms with Crippen LogP contribution in [0.1, 0.15) is 44.9 Å². The number of rotatable bonds is 3. The number of benzene rings is 1. The standard InChI is InChI=1S/C16H20ClN3O/c1-2-11-7-9-16(18,10-8-11)15-19-14(20-21-15)12-5-3-4-6-13(12)17/h3-6,11H,2,7-10,18H2,1H3. The lowest BCUT2D eigenvalue weighted by Crippen LogP contribution is -2.40. The number of halogens is 1. The van der Waals surface area contributed by atoms with Crippen LogP contribution < -0.4 is 5.73 Å². The summed E-state index contributed by atoms with van der Waals surface area (Å²) in [5.74, 6) is 1.82. The molecular formula is C16H20ClN3O. The Morgan fingerprint density at radius 2 is 2.05 bits per heavy atom. The number of hydrogen-bond donors (Lipinski definition) is 1. The van der Waals surface area contributed by atoms with Crippen molar-refractivity contribution < 1.29 is 4.52 Å². The van der Waals surface area contributed by atoms with Gasteiger partial charge < -0.3 is 10.3 Å². The van der Waals surface area contributed by atoms with Gasteiger partial charge in [-0.2, -0.15) is 4.98 Å². The summed E-state index contributed by atoms with van der Waals surface area (Å²) in [4.78, 5) is 4.50. The molecule has 1 aliphatic rings. The highest BCUT2D eigenvalue weighted by Crippen LogP contribution is 2.38. The van der Waals surface area contributed by atoms with Crippen LogP contribution in [-0.2, 0) is 5.54 Å². The van der Waals surface area contributed by atoms with Gasteiger partial charge in [-0.15, -0.1) is 0 Å². The Kier molecular flexibility index (Phi) is 4.00. The summed E-state index contributed by atoms with van der Waals surface area (Å²) >= 11 is 6.17. The van der Waals surface area contributed by atoms with E-state index < -0.39 is 5.54 Å². The molecular weight excluding hydrogens is 286 g/mol. The Hall–Kier alpha value is -1.39. The van der Waals surface area contributed by atoms with E-state index in [1.54, 1.807) is 0 Å². The second-order valence-corrected chi connectivity index (χ2v) is 6.32. The molecule has 1 aliphatic carbocycles. The Bertz CT molecular complexity index is 617. The van der Waals surface area contributed by atoms with Gasteiger partial charge in [-0.1, -0.05) is 42.2 Å². The Morgan fingerprint density at radius 1 is 1.33 bits per heavy atom. The lowest BCUT2D eigenvalue weighted by molar-refractivity contribution is 0.181. The number of nitrogens with two attached hydrogens (primary N) is 1. The minimum absolute atomic E-state index is 0.488. The van der Waals surface area contributed by atoms with Crippen molar-refractivity contribution in [2.75, 3.05) is 0 Å². The Labute approximate surface area is 129 Å². The first-order valence-corrected chi connectivity index (χ1v) is 7.88. The van der Waals surface area contributed by atoms with Crippen LogP contribution in [0.15, 0.2) is 28.8 Å². The number of nitrogens with zero attached hydrogens (tertiary/aromatic N) is 2. The first-order chi connectivity index (χ1) is 10.1. The molecule has 0 bridgehead atoms. The zero-order valence-electron chi connectivity index (χ0n) is 12.2. The molecule has 0 saturated heterocycles. The topological polar surface area (TPSA) is 64.9 Å². The molecule has 1 saturated carbocycles. The summed E-state index contributed by atoms with van der Waals surface area (Å²) in [6, 6.07) is 7.48. The second kappa shape index (κ2) is 5.78. The largest absolute Gasteiger partial charge is 0.337 e. The van der Waals surface area contributed by atoms with Gasteiger partial charge >= 0.3 is 0 Å². The molecule has 1 fully saturated rings. The van der Waals surface area contributed by atoms with Gasteiger partial charge in [0, 0.05) is 5.56 Å². The molecule has 0 radical (unpaired) electrons. The van der Waals surface area contributed by atoms with Gasteiger partial charge in [-0.3, -0.25) is 0 Å². The summed E-state index contributed by atoms with van der Waals surface area (Å²) in [7, 11) is 0. The summed E-state index contributed by atoms with van der Waals surface area (Å²) < 4.78 is 5.44. The average molecular weight is 306 g/mol. The van der Waals surface area contributed by atoms with Gasteiger partial charge in [0.1, 0.15) is 0 Å². The molecule has 4 nitrogen and oxygen atoms in total. The highest BCUT2D eigenvalue weighted by atomic mass is 35.5. The summed E-state index contributed by atoms with van der Waals surface area (Å²) in [6.07, 6.45) is 5.25. The van der Waals surface area contributed by atoms with E-state index in [1.807, 2.05) is 24.3 Å². The molecule has 3 rings (SSSR count). The van der Waals surface area contributed by atoms with Crippen LogP contribution >= 0.6 is 11.6 Å². The lowest BCUT2D eigenvalue weighted by atomic mass is 9.76.